The quantitative estimate of drug-likeness (QED) is 0.818. The molecule has 2 N–H and O–H groups in total. The van der Waals surface area contributed by atoms with Gasteiger partial charge in [0.15, 0.2) is 11.7 Å². The summed E-state index contributed by atoms with van der Waals surface area (Å²) in [5.41, 5.74) is 0.992. The fourth-order valence-electron chi connectivity index (χ4n) is 1.91. The number of hydrogen-bond donors (Lipinski definition) is 2. The van der Waals surface area contributed by atoms with Gasteiger partial charge in [-0.25, -0.2) is 4.98 Å². The first kappa shape index (κ1) is 15.3. The number of aryl methyl sites for hydroxylation is 1. The third kappa shape index (κ3) is 5.04. The number of rotatable bonds is 7. The van der Waals surface area contributed by atoms with Gasteiger partial charge in [0.2, 0.25) is 5.91 Å². The summed E-state index contributed by atoms with van der Waals surface area (Å²) in [7, 11) is 0. The molecule has 1 amide bonds. The van der Waals surface area contributed by atoms with Gasteiger partial charge in [-0.2, -0.15) is 0 Å². The third-order valence-corrected chi connectivity index (χ3v) is 3.00. The van der Waals surface area contributed by atoms with Crippen molar-refractivity contribution in [2.45, 2.75) is 32.3 Å². The van der Waals surface area contributed by atoms with Crippen LogP contribution in [-0.2, 0) is 11.2 Å². The number of aliphatic hydroxyl groups is 1. The van der Waals surface area contributed by atoms with Gasteiger partial charge in [0.05, 0.1) is 12.3 Å². The molecule has 1 atom stereocenters. The summed E-state index contributed by atoms with van der Waals surface area (Å²) in [4.78, 5) is 15.7. The molecule has 5 heteroatoms. The summed E-state index contributed by atoms with van der Waals surface area (Å²) in [5, 5.41) is 11.7. The Kier molecular flexibility index (Phi) is 5.51. The van der Waals surface area contributed by atoms with Crippen molar-refractivity contribution >= 4 is 5.91 Å². The normalized spacial score (nSPS) is 12.1. The second-order valence-electron chi connectivity index (χ2n) is 4.99. The van der Waals surface area contributed by atoms with Gasteiger partial charge in [0, 0.05) is 24.9 Å². The van der Waals surface area contributed by atoms with E-state index in [1.54, 1.807) is 13.1 Å². The van der Waals surface area contributed by atoms with Gasteiger partial charge in [-0.1, -0.05) is 30.3 Å². The van der Waals surface area contributed by atoms with Gasteiger partial charge in [-0.15, -0.1) is 0 Å². The summed E-state index contributed by atoms with van der Waals surface area (Å²) in [6.45, 7) is 1.92. The minimum absolute atomic E-state index is 0.0641. The second-order valence-corrected chi connectivity index (χ2v) is 4.99. The zero-order valence-corrected chi connectivity index (χ0v) is 12.1. The Morgan fingerprint density at radius 1 is 1.38 bits per heavy atom. The number of hydrogen-bond acceptors (Lipinski definition) is 4. The van der Waals surface area contributed by atoms with Gasteiger partial charge in [0.25, 0.3) is 0 Å². The molecular weight excluding hydrogens is 268 g/mol. The molecule has 1 unspecified atom stereocenters. The van der Waals surface area contributed by atoms with Gasteiger partial charge in [-0.05, 0) is 13.3 Å². The molecule has 1 heterocycles. The van der Waals surface area contributed by atoms with Crippen molar-refractivity contribution in [1.82, 2.24) is 10.3 Å². The summed E-state index contributed by atoms with van der Waals surface area (Å²) < 4.78 is 5.67. The zero-order chi connectivity index (χ0) is 15.1. The Bertz CT molecular complexity index is 564. The number of aromatic nitrogens is 1. The highest BCUT2D eigenvalue weighted by Gasteiger charge is 2.08. The van der Waals surface area contributed by atoms with E-state index in [0.717, 1.165) is 11.3 Å². The first-order valence-corrected chi connectivity index (χ1v) is 7.10. The highest BCUT2D eigenvalue weighted by atomic mass is 16.4. The molecule has 2 aromatic rings. The topological polar surface area (TPSA) is 75.4 Å². The molecule has 5 nitrogen and oxygen atoms in total. The predicted octanol–water partition coefficient (Wildman–Crippen LogP) is 2.16. The second kappa shape index (κ2) is 7.59. The Labute approximate surface area is 124 Å². The molecule has 0 saturated carbocycles. The van der Waals surface area contributed by atoms with Gasteiger partial charge >= 0.3 is 0 Å². The summed E-state index contributed by atoms with van der Waals surface area (Å²) in [6.07, 6.45) is 2.87. The lowest BCUT2D eigenvalue weighted by atomic mass is 10.2. The molecule has 1 aromatic heterocycles. The highest BCUT2D eigenvalue weighted by molar-refractivity contribution is 5.75. The van der Waals surface area contributed by atoms with Crippen LogP contribution in [0, 0.1) is 0 Å². The van der Waals surface area contributed by atoms with Crippen LogP contribution in [0.4, 0.5) is 0 Å². The molecule has 0 bridgehead atoms. The molecule has 21 heavy (non-hydrogen) atoms. The van der Waals surface area contributed by atoms with Crippen molar-refractivity contribution in [2.75, 3.05) is 6.54 Å². The fraction of sp³-hybridized carbons (Fsp3) is 0.375. The lowest BCUT2D eigenvalue weighted by Gasteiger charge is -2.06. The van der Waals surface area contributed by atoms with E-state index in [4.69, 9.17) is 9.52 Å². The molecule has 1 aromatic carbocycles. The Hall–Kier alpha value is -2.14. The summed E-state index contributed by atoms with van der Waals surface area (Å²) >= 11 is 0. The van der Waals surface area contributed by atoms with Crippen LogP contribution < -0.4 is 5.32 Å². The summed E-state index contributed by atoms with van der Waals surface area (Å²) in [6, 6.07) is 9.78. The maximum atomic E-state index is 11.5. The van der Waals surface area contributed by atoms with Gasteiger partial charge in [-0.3, -0.25) is 4.79 Å². The maximum Gasteiger partial charge on any atom is 0.220 e. The third-order valence-electron chi connectivity index (χ3n) is 3.00. The number of carbonyl (C=O) groups is 1. The minimum atomic E-state index is -0.519. The van der Waals surface area contributed by atoms with E-state index in [2.05, 4.69) is 10.3 Å². The molecule has 0 fully saturated rings. The maximum absolute atomic E-state index is 11.5. The number of nitrogens with one attached hydrogen (secondary N) is 1. The van der Waals surface area contributed by atoms with E-state index in [0.29, 0.717) is 25.2 Å². The van der Waals surface area contributed by atoms with Crippen molar-refractivity contribution in [3.8, 4) is 11.3 Å². The number of carbonyl (C=O) groups excluding carboxylic acids is 1. The van der Waals surface area contributed by atoms with Gasteiger partial charge < -0.3 is 14.8 Å². The van der Waals surface area contributed by atoms with Crippen LogP contribution >= 0.6 is 0 Å². The Morgan fingerprint density at radius 3 is 2.86 bits per heavy atom. The van der Waals surface area contributed by atoms with Crippen LogP contribution in [0.1, 0.15) is 25.7 Å². The fourth-order valence-corrected chi connectivity index (χ4v) is 1.91. The monoisotopic (exact) mass is 288 g/mol. The first-order chi connectivity index (χ1) is 10.1. The molecule has 0 spiro atoms. The lowest BCUT2D eigenvalue weighted by molar-refractivity contribution is -0.121. The van der Waals surface area contributed by atoms with Crippen LogP contribution in [0.25, 0.3) is 11.3 Å². The molecule has 2 rings (SSSR count). The molecule has 0 saturated heterocycles. The highest BCUT2D eigenvalue weighted by Crippen LogP contribution is 2.20. The number of nitrogens with zero attached hydrogens (tertiary/aromatic N) is 1. The molecule has 0 aliphatic carbocycles. The van der Waals surface area contributed by atoms with Gasteiger partial charge in [0.1, 0.15) is 0 Å². The standard InChI is InChI=1S/C16H20N2O3/c1-12(19)10-17-15(20)8-5-9-16-18-11-14(21-16)13-6-3-2-4-7-13/h2-4,6-7,11-12,19H,5,8-10H2,1H3,(H,17,20). The van der Waals surface area contributed by atoms with Crippen LogP contribution in [0.3, 0.4) is 0 Å². The molecular formula is C16H20N2O3. The van der Waals surface area contributed by atoms with Crippen molar-refractivity contribution in [2.24, 2.45) is 0 Å². The summed E-state index contributed by atoms with van der Waals surface area (Å²) in [5.74, 6) is 1.31. The largest absolute Gasteiger partial charge is 0.441 e. The van der Waals surface area contributed by atoms with Crippen molar-refractivity contribution in [3.63, 3.8) is 0 Å². The average Bonchev–Trinajstić information content (AvgIpc) is 2.95. The molecule has 0 radical (unpaired) electrons. The lowest BCUT2D eigenvalue weighted by Crippen LogP contribution is -2.30. The average molecular weight is 288 g/mol. The number of aliphatic hydroxyl groups excluding tert-OH is 1. The van der Waals surface area contributed by atoms with Crippen molar-refractivity contribution in [3.05, 3.63) is 42.4 Å². The van der Waals surface area contributed by atoms with E-state index < -0.39 is 6.10 Å². The van der Waals surface area contributed by atoms with E-state index in [9.17, 15) is 4.79 Å². The number of benzene rings is 1. The van der Waals surface area contributed by atoms with Crippen LogP contribution in [0.5, 0.6) is 0 Å². The number of amides is 1. The molecule has 112 valence electrons. The van der Waals surface area contributed by atoms with E-state index in [-0.39, 0.29) is 12.5 Å². The SMILES string of the molecule is CC(O)CNC(=O)CCCc1ncc(-c2ccccc2)o1. The van der Waals surface area contributed by atoms with E-state index >= 15 is 0 Å². The Balaban J connectivity index is 1.77. The van der Waals surface area contributed by atoms with Crippen molar-refractivity contribution < 1.29 is 14.3 Å². The van der Waals surface area contributed by atoms with Crippen LogP contribution in [0.2, 0.25) is 0 Å². The minimum Gasteiger partial charge on any atom is -0.441 e. The Morgan fingerprint density at radius 2 is 2.14 bits per heavy atom. The predicted molar refractivity (Wildman–Crippen MR) is 79.6 cm³/mol. The molecule has 0 aliphatic heterocycles. The van der Waals surface area contributed by atoms with E-state index in [1.165, 1.54) is 0 Å². The number of oxazole rings is 1. The van der Waals surface area contributed by atoms with E-state index in [1.807, 2.05) is 30.3 Å². The zero-order valence-electron chi connectivity index (χ0n) is 12.1. The molecule has 0 aliphatic rings. The van der Waals surface area contributed by atoms with Crippen molar-refractivity contribution in [1.29, 1.82) is 0 Å². The van der Waals surface area contributed by atoms with Crippen LogP contribution in [0.15, 0.2) is 40.9 Å². The first-order valence-electron chi connectivity index (χ1n) is 7.10. The smallest absolute Gasteiger partial charge is 0.220 e. The van der Waals surface area contributed by atoms with Crippen LogP contribution in [-0.4, -0.2) is 28.6 Å².